The number of anilines is 1. The van der Waals surface area contributed by atoms with E-state index in [9.17, 15) is 14.4 Å². The molecule has 0 radical (unpaired) electrons. The Hall–Kier alpha value is -3.87. The highest BCUT2D eigenvalue weighted by Gasteiger charge is 2.34. The van der Waals surface area contributed by atoms with Gasteiger partial charge >= 0.3 is 6.09 Å². The van der Waals surface area contributed by atoms with Crippen LogP contribution in [0.2, 0.25) is 0 Å². The number of alkyl carbamates (subject to hydrolysis) is 1. The van der Waals surface area contributed by atoms with Crippen LogP contribution < -0.4 is 10.6 Å². The lowest BCUT2D eigenvalue weighted by Crippen LogP contribution is -2.51. The van der Waals surface area contributed by atoms with Gasteiger partial charge in [-0.25, -0.2) is 4.79 Å². The van der Waals surface area contributed by atoms with Crippen molar-refractivity contribution in [1.29, 1.82) is 0 Å². The Kier molecular flexibility index (Phi) is 9.61. The second-order valence-corrected chi connectivity index (χ2v) is 9.68. The molecule has 0 heterocycles. The summed E-state index contributed by atoms with van der Waals surface area (Å²) in [6.07, 6.45) is 2.51. The van der Waals surface area contributed by atoms with Crippen molar-refractivity contribution < 1.29 is 19.1 Å². The summed E-state index contributed by atoms with van der Waals surface area (Å²) in [5.74, 6) is -0.834. The van der Waals surface area contributed by atoms with Gasteiger partial charge in [0.05, 0.1) is 0 Å². The van der Waals surface area contributed by atoms with E-state index >= 15 is 0 Å². The molecule has 0 spiro atoms. The summed E-state index contributed by atoms with van der Waals surface area (Å²) >= 11 is 0. The van der Waals surface area contributed by atoms with Gasteiger partial charge in [-0.2, -0.15) is 0 Å². The van der Waals surface area contributed by atoms with E-state index in [-0.39, 0.29) is 12.5 Å². The van der Waals surface area contributed by atoms with Crippen LogP contribution in [0.1, 0.15) is 56.0 Å². The minimum absolute atomic E-state index is 0.0856. The molecule has 2 aromatic rings. The summed E-state index contributed by atoms with van der Waals surface area (Å²) in [5.41, 5.74) is 3.21. The van der Waals surface area contributed by atoms with E-state index in [1.54, 1.807) is 45.9 Å². The summed E-state index contributed by atoms with van der Waals surface area (Å²) in [6.45, 7) is 18.3. The van der Waals surface area contributed by atoms with Crippen LogP contribution >= 0.6 is 0 Å². The van der Waals surface area contributed by atoms with E-state index in [0.717, 1.165) is 16.7 Å². The predicted octanol–water partition coefficient (Wildman–Crippen LogP) is 5.55. The zero-order valence-electron chi connectivity index (χ0n) is 22.1. The number of aryl methyl sites for hydroxylation is 2. The van der Waals surface area contributed by atoms with Crippen LogP contribution in [-0.2, 0) is 14.3 Å². The molecule has 0 saturated heterocycles. The number of nitrogens with zero attached hydrogens (tertiary/aromatic N) is 1. The number of benzene rings is 2. The number of nitrogens with one attached hydrogen (secondary N) is 2. The first-order valence-corrected chi connectivity index (χ1v) is 11.9. The van der Waals surface area contributed by atoms with Crippen LogP contribution in [-0.4, -0.2) is 41.0 Å². The number of carbonyl (C=O) groups is 3. The minimum Gasteiger partial charge on any atom is -0.444 e. The minimum atomic E-state index is -0.989. The molecule has 0 aromatic heterocycles. The molecule has 0 saturated carbocycles. The van der Waals surface area contributed by atoms with Crippen molar-refractivity contribution in [2.24, 2.45) is 0 Å². The smallest absolute Gasteiger partial charge is 0.408 e. The Bertz CT molecular complexity index is 1110. The van der Waals surface area contributed by atoms with E-state index in [0.29, 0.717) is 11.3 Å². The quantitative estimate of drug-likeness (QED) is 0.450. The summed E-state index contributed by atoms with van der Waals surface area (Å²) in [6, 6.07) is 11.1. The van der Waals surface area contributed by atoms with Crippen molar-refractivity contribution in [1.82, 2.24) is 10.2 Å². The standard InChI is InChI=1S/C29H37N3O4/c1-9-17-32(27(34)21(5)30-28(35)36-29(6,7)8)25(23-16-12-15-22(10-2)18-23)26(33)31-24-19(3)13-11-14-20(24)4/h9-16,18,21,25H,1-2,17H2,3-8H3,(H,30,35)(H,31,33). The summed E-state index contributed by atoms with van der Waals surface area (Å²) in [4.78, 5) is 41.1. The molecule has 3 amide bonds. The lowest BCUT2D eigenvalue weighted by molar-refractivity contribution is -0.139. The average Bonchev–Trinajstić information content (AvgIpc) is 2.79. The number of hydrogen-bond donors (Lipinski definition) is 2. The molecule has 36 heavy (non-hydrogen) atoms. The highest BCUT2D eigenvalue weighted by atomic mass is 16.6. The van der Waals surface area contributed by atoms with E-state index < -0.39 is 29.7 Å². The summed E-state index contributed by atoms with van der Waals surface area (Å²) < 4.78 is 5.30. The molecular formula is C29H37N3O4. The average molecular weight is 492 g/mol. The molecule has 0 aliphatic rings. The molecule has 192 valence electrons. The van der Waals surface area contributed by atoms with Crippen LogP contribution in [0.25, 0.3) is 6.08 Å². The van der Waals surface area contributed by atoms with E-state index in [1.165, 1.54) is 4.90 Å². The van der Waals surface area contributed by atoms with Crippen LogP contribution in [0.4, 0.5) is 10.5 Å². The van der Waals surface area contributed by atoms with Gasteiger partial charge < -0.3 is 20.3 Å². The largest absolute Gasteiger partial charge is 0.444 e. The summed E-state index contributed by atoms with van der Waals surface area (Å²) in [5, 5.41) is 5.59. The summed E-state index contributed by atoms with van der Waals surface area (Å²) in [7, 11) is 0. The second-order valence-electron chi connectivity index (χ2n) is 9.68. The predicted molar refractivity (Wildman–Crippen MR) is 145 cm³/mol. The van der Waals surface area contributed by atoms with Gasteiger partial charge in [0, 0.05) is 12.2 Å². The van der Waals surface area contributed by atoms with Crippen LogP contribution in [0.3, 0.4) is 0 Å². The van der Waals surface area contributed by atoms with E-state index in [4.69, 9.17) is 4.74 Å². The van der Waals surface area contributed by atoms with Gasteiger partial charge in [0.25, 0.3) is 5.91 Å². The van der Waals surface area contributed by atoms with Crippen LogP contribution in [0, 0.1) is 13.8 Å². The molecule has 0 aliphatic heterocycles. The van der Waals surface area contributed by atoms with Crippen molar-refractivity contribution >= 4 is 29.7 Å². The third-order valence-corrected chi connectivity index (χ3v) is 5.46. The lowest BCUT2D eigenvalue weighted by atomic mass is 9.99. The van der Waals surface area contributed by atoms with Crippen LogP contribution in [0.15, 0.2) is 61.7 Å². The Labute approximate surface area is 214 Å². The first kappa shape index (κ1) is 28.4. The molecule has 2 aromatic carbocycles. The fourth-order valence-electron chi connectivity index (χ4n) is 3.79. The van der Waals surface area contributed by atoms with Gasteiger partial charge in [0.1, 0.15) is 17.7 Å². The molecule has 0 bridgehead atoms. The highest BCUT2D eigenvalue weighted by molar-refractivity contribution is 6.00. The topological polar surface area (TPSA) is 87.7 Å². The molecule has 0 fully saturated rings. The Morgan fingerprint density at radius 2 is 1.67 bits per heavy atom. The second kappa shape index (κ2) is 12.2. The number of carbonyl (C=O) groups excluding carboxylic acids is 3. The molecule has 2 N–H and O–H groups in total. The fourth-order valence-corrected chi connectivity index (χ4v) is 3.79. The molecule has 7 nitrogen and oxygen atoms in total. The Morgan fingerprint density at radius 3 is 2.22 bits per heavy atom. The van der Waals surface area contributed by atoms with Crippen molar-refractivity contribution in [3.63, 3.8) is 0 Å². The third-order valence-electron chi connectivity index (χ3n) is 5.46. The Morgan fingerprint density at radius 1 is 1.06 bits per heavy atom. The van der Waals surface area contributed by atoms with E-state index in [1.807, 2.05) is 50.2 Å². The lowest BCUT2D eigenvalue weighted by Gasteiger charge is -2.33. The SMILES string of the molecule is C=CCN(C(=O)C(C)NC(=O)OC(C)(C)C)C(C(=O)Nc1c(C)cccc1C)c1cccc(C=C)c1. The van der Waals surface area contributed by atoms with Gasteiger partial charge in [0.2, 0.25) is 5.91 Å². The number of para-hydroxylation sites is 1. The number of rotatable bonds is 9. The maximum atomic E-state index is 13.8. The zero-order chi connectivity index (χ0) is 27.0. The molecule has 0 aliphatic carbocycles. The fraction of sp³-hybridized carbons (Fsp3) is 0.345. The number of amides is 3. The van der Waals surface area contributed by atoms with Crippen molar-refractivity contribution in [2.75, 3.05) is 11.9 Å². The van der Waals surface area contributed by atoms with Gasteiger partial charge in [-0.15, -0.1) is 6.58 Å². The maximum absolute atomic E-state index is 13.8. The first-order chi connectivity index (χ1) is 16.9. The number of hydrogen-bond acceptors (Lipinski definition) is 4. The number of ether oxygens (including phenoxy) is 1. The molecule has 7 heteroatoms. The Balaban J connectivity index is 2.48. The van der Waals surface area contributed by atoms with Crippen LogP contribution in [0.5, 0.6) is 0 Å². The zero-order valence-corrected chi connectivity index (χ0v) is 22.1. The monoisotopic (exact) mass is 491 g/mol. The highest BCUT2D eigenvalue weighted by Crippen LogP contribution is 2.27. The molecule has 2 rings (SSSR count). The molecular weight excluding hydrogens is 454 g/mol. The van der Waals surface area contributed by atoms with E-state index in [2.05, 4.69) is 23.8 Å². The molecule has 2 unspecified atom stereocenters. The maximum Gasteiger partial charge on any atom is 0.408 e. The normalized spacial score (nSPS) is 12.6. The van der Waals surface area contributed by atoms with Crippen molar-refractivity contribution in [3.05, 3.63) is 84.0 Å². The van der Waals surface area contributed by atoms with Gasteiger partial charge in [-0.3, -0.25) is 9.59 Å². The molecule has 2 atom stereocenters. The third kappa shape index (κ3) is 7.57. The van der Waals surface area contributed by atoms with Gasteiger partial charge in [-0.05, 0) is 69.9 Å². The van der Waals surface area contributed by atoms with Crippen molar-refractivity contribution in [3.8, 4) is 0 Å². The van der Waals surface area contributed by atoms with Crippen molar-refractivity contribution in [2.45, 2.75) is 59.2 Å². The van der Waals surface area contributed by atoms with Gasteiger partial charge in [0.15, 0.2) is 0 Å². The first-order valence-electron chi connectivity index (χ1n) is 11.9. The van der Waals surface area contributed by atoms with Gasteiger partial charge in [-0.1, -0.05) is 55.1 Å².